The zero-order valence-corrected chi connectivity index (χ0v) is 24.7. The number of methoxy groups -OCH3 is 1. The summed E-state index contributed by atoms with van der Waals surface area (Å²) in [6.07, 6.45) is -2.16. The number of ether oxygens (including phenoxy) is 1. The van der Waals surface area contributed by atoms with Crippen molar-refractivity contribution in [3.8, 4) is 5.75 Å². The zero-order valence-electron chi connectivity index (χ0n) is 24.7. The van der Waals surface area contributed by atoms with Crippen LogP contribution in [0.1, 0.15) is 36.0 Å². The van der Waals surface area contributed by atoms with Crippen LogP contribution in [0.25, 0.3) is 0 Å². The number of nitrogens with zero attached hydrogens (tertiary/aromatic N) is 3. The van der Waals surface area contributed by atoms with Gasteiger partial charge in [-0.2, -0.15) is 13.2 Å². The molecular weight excluding hydrogens is 553 g/mol. The number of para-hydroxylation sites is 2. The molecule has 0 radical (unpaired) electrons. The molecule has 0 aromatic heterocycles. The summed E-state index contributed by atoms with van der Waals surface area (Å²) in [7, 11) is 1.71. The molecule has 0 unspecified atom stereocenters. The summed E-state index contributed by atoms with van der Waals surface area (Å²) in [5.41, 5.74) is 2.39. The van der Waals surface area contributed by atoms with Gasteiger partial charge in [0.05, 0.1) is 18.4 Å². The molecule has 3 aromatic carbocycles. The second-order valence-corrected chi connectivity index (χ2v) is 11.5. The molecule has 9 heteroatoms. The zero-order chi connectivity index (χ0) is 30.2. The Bertz CT molecular complexity index is 1310. The molecular formula is C34H41F3N4O2. The Morgan fingerprint density at radius 3 is 2.28 bits per heavy atom. The van der Waals surface area contributed by atoms with Crippen molar-refractivity contribution in [3.05, 3.63) is 95.6 Å². The fraction of sp³-hybridized carbons (Fsp3) is 0.441. The van der Waals surface area contributed by atoms with Gasteiger partial charge in [-0.15, -0.1) is 0 Å². The molecule has 3 aromatic rings. The van der Waals surface area contributed by atoms with E-state index >= 15 is 0 Å². The minimum atomic E-state index is -4.37. The van der Waals surface area contributed by atoms with Gasteiger partial charge in [0, 0.05) is 58.3 Å². The summed E-state index contributed by atoms with van der Waals surface area (Å²) in [5, 5.41) is 2.91. The third kappa shape index (κ3) is 8.30. The predicted molar refractivity (Wildman–Crippen MR) is 163 cm³/mol. The number of likely N-dealkylation sites (tertiary alicyclic amines) is 1. The lowest BCUT2D eigenvalue weighted by molar-refractivity contribution is -0.137. The summed E-state index contributed by atoms with van der Waals surface area (Å²) < 4.78 is 44.2. The first-order valence-corrected chi connectivity index (χ1v) is 15.1. The average molecular weight is 595 g/mol. The van der Waals surface area contributed by atoms with E-state index in [4.69, 9.17) is 4.74 Å². The Kier molecular flexibility index (Phi) is 10.3. The van der Waals surface area contributed by atoms with Crippen molar-refractivity contribution in [2.24, 2.45) is 5.92 Å². The van der Waals surface area contributed by atoms with Crippen molar-refractivity contribution >= 4 is 11.6 Å². The fourth-order valence-electron chi connectivity index (χ4n) is 6.45. The Hall–Kier alpha value is -3.56. The van der Waals surface area contributed by atoms with E-state index in [-0.39, 0.29) is 12.5 Å². The molecule has 1 amide bonds. The van der Waals surface area contributed by atoms with E-state index in [2.05, 4.69) is 50.3 Å². The first kappa shape index (κ1) is 30.9. The van der Waals surface area contributed by atoms with E-state index < -0.39 is 11.7 Å². The van der Waals surface area contributed by atoms with Crippen molar-refractivity contribution in [3.63, 3.8) is 0 Å². The lowest BCUT2D eigenvalue weighted by Gasteiger charge is -2.47. The van der Waals surface area contributed by atoms with Gasteiger partial charge >= 0.3 is 6.18 Å². The van der Waals surface area contributed by atoms with E-state index in [9.17, 15) is 18.0 Å². The van der Waals surface area contributed by atoms with Gasteiger partial charge in [-0.3, -0.25) is 14.6 Å². The smallest absolute Gasteiger partial charge is 0.416 e. The highest BCUT2D eigenvalue weighted by atomic mass is 19.4. The number of piperidine rings is 1. The number of halogens is 3. The Morgan fingerprint density at radius 1 is 0.884 bits per heavy atom. The maximum atomic E-state index is 12.9. The van der Waals surface area contributed by atoms with Crippen LogP contribution in [0.4, 0.5) is 18.9 Å². The molecule has 0 aliphatic carbocycles. The normalized spacial score (nSPS) is 20.1. The van der Waals surface area contributed by atoms with Gasteiger partial charge in [-0.25, -0.2) is 0 Å². The number of benzene rings is 3. The molecule has 43 heavy (non-hydrogen) atoms. The maximum absolute atomic E-state index is 12.9. The highest BCUT2D eigenvalue weighted by Gasteiger charge is 2.35. The number of rotatable bonds is 10. The van der Waals surface area contributed by atoms with Crippen molar-refractivity contribution < 1.29 is 22.7 Å². The second kappa shape index (κ2) is 14.3. The number of carbonyl (C=O) groups excluding carboxylic acids is 1. The molecule has 0 spiro atoms. The van der Waals surface area contributed by atoms with E-state index in [1.54, 1.807) is 7.11 Å². The third-order valence-corrected chi connectivity index (χ3v) is 8.75. The second-order valence-electron chi connectivity index (χ2n) is 11.5. The summed E-state index contributed by atoms with van der Waals surface area (Å²) in [6.45, 7) is 6.81. The molecule has 2 atom stereocenters. The first-order chi connectivity index (χ1) is 20.8. The van der Waals surface area contributed by atoms with Crippen LogP contribution in [0, 0.1) is 5.92 Å². The summed E-state index contributed by atoms with van der Waals surface area (Å²) in [5.74, 6) is 1.16. The van der Waals surface area contributed by atoms with Crippen LogP contribution >= 0.6 is 0 Å². The van der Waals surface area contributed by atoms with E-state index in [0.29, 0.717) is 23.9 Å². The molecule has 0 saturated carbocycles. The van der Waals surface area contributed by atoms with Gasteiger partial charge in [0.1, 0.15) is 5.75 Å². The van der Waals surface area contributed by atoms with Crippen LogP contribution in [0.2, 0.25) is 0 Å². The molecule has 5 rings (SSSR count). The standard InChI is InChI=1S/C34H41F3N4O2/c1-43-32-10-6-5-9-31(32)41-21-19-40(20-22-41)30-17-18-39(24-27-7-3-2-4-8-27)25-28(30)13-16-33(42)38-23-26-11-14-29(15-12-26)34(35,36)37/h2-12,14-15,28,30H,13,16-25H2,1H3,(H,38,42)/t28-,30+/m0/s1. The number of amides is 1. The Labute approximate surface area is 252 Å². The molecule has 2 fully saturated rings. The molecule has 2 heterocycles. The van der Waals surface area contributed by atoms with Gasteiger partial charge in [-0.05, 0) is 60.7 Å². The monoisotopic (exact) mass is 594 g/mol. The van der Waals surface area contributed by atoms with Crippen LogP contribution in [-0.2, 0) is 24.1 Å². The van der Waals surface area contributed by atoms with Gasteiger partial charge in [0.25, 0.3) is 0 Å². The van der Waals surface area contributed by atoms with Crippen LogP contribution in [-0.4, -0.2) is 68.1 Å². The molecule has 0 bridgehead atoms. The third-order valence-electron chi connectivity index (χ3n) is 8.75. The summed E-state index contributed by atoms with van der Waals surface area (Å²) >= 11 is 0. The van der Waals surface area contributed by atoms with E-state index in [1.165, 1.54) is 17.7 Å². The highest BCUT2D eigenvalue weighted by molar-refractivity contribution is 5.75. The number of hydrogen-bond donors (Lipinski definition) is 1. The highest BCUT2D eigenvalue weighted by Crippen LogP contribution is 2.32. The number of carbonyl (C=O) groups is 1. The average Bonchev–Trinajstić information content (AvgIpc) is 3.03. The van der Waals surface area contributed by atoms with Gasteiger partial charge in [-0.1, -0.05) is 54.6 Å². The quantitative estimate of drug-likeness (QED) is 0.321. The van der Waals surface area contributed by atoms with Gasteiger partial charge in [0.2, 0.25) is 5.91 Å². The molecule has 2 saturated heterocycles. The molecule has 2 aliphatic heterocycles. The van der Waals surface area contributed by atoms with Gasteiger partial charge in [0.15, 0.2) is 0 Å². The summed E-state index contributed by atoms with van der Waals surface area (Å²) in [6, 6.07) is 24.0. The lowest BCUT2D eigenvalue weighted by Crippen LogP contribution is -2.56. The summed E-state index contributed by atoms with van der Waals surface area (Å²) in [4.78, 5) is 20.4. The van der Waals surface area contributed by atoms with Crippen molar-refractivity contribution in [1.29, 1.82) is 0 Å². The minimum Gasteiger partial charge on any atom is -0.495 e. The number of anilines is 1. The van der Waals surface area contributed by atoms with Crippen molar-refractivity contribution in [2.45, 2.75) is 44.6 Å². The number of nitrogens with one attached hydrogen (secondary N) is 1. The SMILES string of the molecule is COc1ccccc1N1CCN([C@@H]2CCN(Cc3ccccc3)C[C@@H]2CCC(=O)NCc2ccc(C(F)(F)F)cc2)CC1. The van der Waals surface area contributed by atoms with E-state index in [0.717, 1.165) is 82.2 Å². The fourth-order valence-corrected chi connectivity index (χ4v) is 6.45. The number of piperazine rings is 1. The van der Waals surface area contributed by atoms with Crippen LogP contribution < -0.4 is 15.0 Å². The first-order valence-electron chi connectivity index (χ1n) is 15.1. The molecule has 230 valence electrons. The lowest BCUT2D eigenvalue weighted by atomic mass is 9.86. The molecule has 1 N–H and O–H groups in total. The topological polar surface area (TPSA) is 48.1 Å². The molecule has 6 nitrogen and oxygen atoms in total. The van der Waals surface area contributed by atoms with Crippen LogP contribution in [0.15, 0.2) is 78.9 Å². The van der Waals surface area contributed by atoms with Crippen molar-refractivity contribution in [2.75, 3.05) is 51.3 Å². The Morgan fingerprint density at radius 2 is 1.58 bits per heavy atom. The van der Waals surface area contributed by atoms with Crippen LogP contribution in [0.5, 0.6) is 5.75 Å². The minimum absolute atomic E-state index is 0.0696. The van der Waals surface area contributed by atoms with Crippen LogP contribution in [0.3, 0.4) is 0 Å². The largest absolute Gasteiger partial charge is 0.495 e. The number of hydrogen-bond acceptors (Lipinski definition) is 5. The van der Waals surface area contributed by atoms with Gasteiger partial charge < -0.3 is 15.0 Å². The molecule has 2 aliphatic rings. The number of alkyl halides is 3. The maximum Gasteiger partial charge on any atom is 0.416 e. The van der Waals surface area contributed by atoms with Crippen molar-refractivity contribution in [1.82, 2.24) is 15.1 Å². The van der Waals surface area contributed by atoms with E-state index in [1.807, 2.05) is 24.3 Å². The predicted octanol–water partition coefficient (Wildman–Crippen LogP) is 5.82. The Balaban J connectivity index is 1.18.